The first-order valence-electron chi connectivity index (χ1n) is 6.83. The summed E-state index contributed by atoms with van der Waals surface area (Å²) in [5.41, 5.74) is 6.47. The summed E-state index contributed by atoms with van der Waals surface area (Å²) in [5.74, 6) is -0.121. The minimum atomic E-state index is -0.217. The Bertz CT molecular complexity index is 453. The van der Waals surface area contributed by atoms with Gasteiger partial charge in [-0.2, -0.15) is 11.3 Å². The maximum absolute atomic E-state index is 12.1. The molecule has 5 nitrogen and oxygen atoms in total. The molecule has 1 aliphatic heterocycles. The third kappa shape index (κ3) is 4.05. The maximum atomic E-state index is 12.1. The van der Waals surface area contributed by atoms with Crippen molar-refractivity contribution in [2.75, 3.05) is 26.7 Å². The molecule has 0 bridgehead atoms. The van der Waals surface area contributed by atoms with Crippen LogP contribution < -0.4 is 5.73 Å². The summed E-state index contributed by atoms with van der Waals surface area (Å²) in [4.78, 5) is 27.1. The standard InChI is InChI=1S/C14H21N3O2S/c1-16(8-11-4-7-20-10-11)13(18)9-17-5-2-12(3-6-17)14(15)19/h4,7,10,12H,2-3,5-6,8-9H2,1H3,(H2,15,19). The van der Waals surface area contributed by atoms with Crippen LogP contribution >= 0.6 is 11.3 Å². The second kappa shape index (κ2) is 6.85. The lowest BCUT2D eigenvalue weighted by Crippen LogP contribution is -2.43. The highest BCUT2D eigenvalue weighted by atomic mass is 32.1. The van der Waals surface area contributed by atoms with Gasteiger partial charge in [0.2, 0.25) is 11.8 Å². The molecule has 1 aromatic heterocycles. The molecule has 110 valence electrons. The Hall–Kier alpha value is -1.40. The molecule has 2 rings (SSSR count). The van der Waals surface area contributed by atoms with Gasteiger partial charge in [0.25, 0.3) is 0 Å². The van der Waals surface area contributed by atoms with Gasteiger partial charge in [-0.25, -0.2) is 0 Å². The Balaban J connectivity index is 1.76. The highest BCUT2D eigenvalue weighted by Crippen LogP contribution is 2.16. The van der Waals surface area contributed by atoms with E-state index in [4.69, 9.17) is 5.73 Å². The summed E-state index contributed by atoms with van der Waals surface area (Å²) in [6.07, 6.45) is 1.52. The second-order valence-corrected chi connectivity index (χ2v) is 6.11. The van der Waals surface area contributed by atoms with Gasteiger partial charge in [-0.05, 0) is 48.3 Å². The minimum absolute atomic E-state index is 0.0233. The molecule has 0 aliphatic carbocycles. The number of primary amides is 1. The van der Waals surface area contributed by atoms with Crippen LogP contribution in [0.2, 0.25) is 0 Å². The van der Waals surface area contributed by atoms with E-state index in [1.54, 1.807) is 16.2 Å². The zero-order valence-corrected chi connectivity index (χ0v) is 12.6. The van der Waals surface area contributed by atoms with Crippen LogP contribution in [0.4, 0.5) is 0 Å². The summed E-state index contributed by atoms with van der Waals surface area (Å²) < 4.78 is 0. The minimum Gasteiger partial charge on any atom is -0.369 e. The first-order valence-corrected chi connectivity index (χ1v) is 7.77. The van der Waals surface area contributed by atoms with E-state index in [9.17, 15) is 9.59 Å². The van der Waals surface area contributed by atoms with Crippen molar-refractivity contribution >= 4 is 23.2 Å². The largest absolute Gasteiger partial charge is 0.369 e. The molecule has 2 heterocycles. The number of rotatable bonds is 5. The SMILES string of the molecule is CN(Cc1ccsc1)C(=O)CN1CCC(C(N)=O)CC1. The van der Waals surface area contributed by atoms with E-state index in [-0.39, 0.29) is 17.7 Å². The van der Waals surface area contributed by atoms with E-state index in [0.29, 0.717) is 13.1 Å². The van der Waals surface area contributed by atoms with E-state index in [0.717, 1.165) is 25.9 Å². The van der Waals surface area contributed by atoms with Crippen LogP contribution in [0, 0.1) is 5.92 Å². The van der Waals surface area contributed by atoms with E-state index in [1.807, 2.05) is 18.5 Å². The number of carbonyl (C=O) groups is 2. The van der Waals surface area contributed by atoms with Gasteiger partial charge in [0, 0.05) is 19.5 Å². The number of likely N-dealkylation sites (tertiary alicyclic amines) is 1. The molecule has 2 N–H and O–H groups in total. The summed E-state index contributed by atoms with van der Waals surface area (Å²) in [6.45, 7) is 2.61. The molecule has 6 heteroatoms. The lowest BCUT2D eigenvalue weighted by Gasteiger charge is -2.31. The molecule has 0 radical (unpaired) electrons. The third-order valence-electron chi connectivity index (χ3n) is 3.77. The zero-order valence-electron chi connectivity index (χ0n) is 11.7. The molecule has 0 saturated carbocycles. The predicted molar refractivity (Wildman–Crippen MR) is 79.2 cm³/mol. The van der Waals surface area contributed by atoms with Crippen molar-refractivity contribution in [1.29, 1.82) is 0 Å². The van der Waals surface area contributed by atoms with E-state index < -0.39 is 0 Å². The molecule has 1 aliphatic rings. The molecular formula is C14H21N3O2S. The topological polar surface area (TPSA) is 66.6 Å². The first kappa shape index (κ1) is 15.0. The molecule has 0 spiro atoms. The molecule has 1 aromatic rings. The number of nitrogens with two attached hydrogens (primary N) is 1. The molecular weight excluding hydrogens is 274 g/mol. The van der Waals surface area contributed by atoms with Crippen LogP contribution in [-0.4, -0.2) is 48.3 Å². The molecule has 1 fully saturated rings. The number of piperidine rings is 1. The Morgan fingerprint density at radius 1 is 1.45 bits per heavy atom. The smallest absolute Gasteiger partial charge is 0.236 e. The fraction of sp³-hybridized carbons (Fsp3) is 0.571. The molecule has 0 aromatic carbocycles. The summed E-state index contributed by atoms with van der Waals surface area (Å²) >= 11 is 1.64. The molecule has 20 heavy (non-hydrogen) atoms. The number of thiophene rings is 1. The molecule has 2 amide bonds. The normalized spacial score (nSPS) is 17.1. The summed E-state index contributed by atoms with van der Waals surface area (Å²) in [7, 11) is 1.83. The van der Waals surface area contributed by atoms with E-state index >= 15 is 0 Å². The van der Waals surface area contributed by atoms with Crippen LogP contribution in [0.3, 0.4) is 0 Å². The van der Waals surface area contributed by atoms with Gasteiger partial charge in [0.05, 0.1) is 6.54 Å². The number of likely N-dealkylation sites (N-methyl/N-ethyl adjacent to an activating group) is 1. The highest BCUT2D eigenvalue weighted by molar-refractivity contribution is 7.07. The lowest BCUT2D eigenvalue weighted by atomic mass is 9.96. The average molecular weight is 295 g/mol. The van der Waals surface area contributed by atoms with Gasteiger partial charge in [-0.1, -0.05) is 0 Å². The Morgan fingerprint density at radius 2 is 2.15 bits per heavy atom. The van der Waals surface area contributed by atoms with Crippen molar-refractivity contribution < 1.29 is 9.59 Å². The average Bonchev–Trinajstić information content (AvgIpc) is 2.92. The predicted octanol–water partition coefficient (Wildman–Crippen LogP) is 0.904. The fourth-order valence-corrected chi connectivity index (χ4v) is 3.09. The Morgan fingerprint density at radius 3 is 2.70 bits per heavy atom. The highest BCUT2D eigenvalue weighted by Gasteiger charge is 2.24. The van der Waals surface area contributed by atoms with Crippen molar-refractivity contribution in [2.45, 2.75) is 19.4 Å². The van der Waals surface area contributed by atoms with Crippen molar-refractivity contribution in [2.24, 2.45) is 11.7 Å². The molecule has 0 unspecified atom stereocenters. The van der Waals surface area contributed by atoms with Gasteiger partial charge < -0.3 is 10.6 Å². The second-order valence-electron chi connectivity index (χ2n) is 5.33. The number of amides is 2. The van der Waals surface area contributed by atoms with Crippen molar-refractivity contribution in [1.82, 2.24) is 9.80 Å². The lowest BCUT2D eigenvalue weighted by molar-refractivity contribution is -0.132. The van der Waals surface area contributed by atoms with E-state index in [1.165, 1.54) is 5.56 Å². The van der Waals surface area contributed by atoms with Crippen LogP contribution in [0.25, 0.3) is 0 Å². The maximum Gasteiger partial charge on any atom is 0.236 e. The number of hydrogen-bond acceptors (Lipinski definition) is 4. The van der Waals surface area contributed by atoms with Crippen molar-refractivity contribution in [3.05, 3.63) is 22.4 Å². The van der Waals surface area contributed by atoms with Crippen LogP contribution in [0.15, 0.2) is 16.8 Å². The van der Waals surface area contributed by atoms with Gasteiger partial charge in [-0.3, -0.25) is 14.5 Å². The Labute approximate surface area is 123 Å². The fourth-order valence-electron chi connectivity index (χ4n) is 2.43. The monoisotopic (exact) mass is 295 g/mol. The van der Waals surface area contributed by atoms with Crippen molar-refractivity contribution in [3.63, 3.8) is 0 Å². The van der Waals surface area contributed by atoms with Crippen LogP contribution in [0.1, 0.15) is 18.4 Å². The van der Waals surface area contributed by atoms with Gasteiger partial charge in [-0.15, -0.1) is 0 Å². The molecule has 1 saturated heterocycles. The zero-order chi connectivity index (χ0) is 14.5. The van der Waals surface area contributed by atoms with Crippen LogP contribution in [-0.2, 0) is 16.1 Å². The third-order valence-corrected chi connectivity index (χ3v) is 4.51. The first-order chi connectivity index (χ1) is 9.56. The van der Waals surface area contributed by atoms with Gasteiger partial charge in [0.15, 0.2) is 0 Å². The molecule has 0 atom stereocenters. The quantitative estimate of drug-likeness (QED) is 0.878. The van der Waals surface area contributed by atoms with Crippen molar-refractivity contribution in [3.8, 4) is 0 Å². The van der Waals surface area contributed by atoms with Crippen LogP contribution in [0.5, 0.6) is 0 Å². The number of hydrogen-bond donors (Lipinski definition) is 1. The van der Waals surface area contributed by atoms with E-state index in [2.05, 4.69) is 10.3 Å². The van der Waals surface area contributed by atoms with Gasteiger partial charge >= 0.3 is 0 Å². The number of carbonyl (C=O) groups excluding carboxylic acids is 2. The summed E-state index contributed by atoms with van der Waals surface area (Å²) in [6, 6.07) is 2.03. The van der Waals surface area contributed by atoms with Gasteiger partial charge in [0.1, 0.15) is 0 Å². The summed E-state index contributed by atoms with van der Waals surface area (Å²) in [5, 5.41) is 4.07. The Kier molecular flexibility index (Phi) is 5.14. The number of nitrogens with zero attached hydrogens (tertiary/aromatic N) is 2.